The SMILES string of the molecule is COC(=O)N1C(=O)C2CC=C3C(CC4(Cl)C(=O)N(c5ccc(F)cc5)C(=O)C4(Cl)C3c3ccc(CO)o3)C2C1=O. The van der Waals surface area contributed by atoms with Crippen LogP contribution in [0.25, 0.3) is 0 Å². The molecule has 3 fully saturated rings. The number of rotatable bonds is 3. The predicted molar refractivity (Wildman–Crippen MR) is 135 cm³/mol. The Kier molecular flexibility index (Phi) is 5.99. The van der Waals surface area contributed by atoms with Crippen molar-refractivity contribution in [3.63, 3.8) is 0 Å². The average molecular weight is 591 g/mol. The van der Waals surface area contributed by atoms with Crippen LogP contribution in [0.1, 0.15) is 30.3 Å². The summed E-state index contributed by atoms with van der Waals surface area (Å²) < 4.78 is 24.1. The first-order valence-corrected chi connectivity index (χ1v) is 13.1. The van der Waals surface area contributed by atoms with Crippen LogP contribution < -0.4 is 4.90 Å². The first-order chi connectivity index (χ1) is 19.0. The average Bonchev–Trinajstić information content (AvgIpc) is 3.55. The summed E-state index contributed by atoms with van der Waals surface area (Å²) in [6, 6.07) is 7.61. The van der Waals surface area contributed by atoms with Crippen molar-refractivity contribution >= 4 is 58.6 Å². The molecule has 0 bridgehead atoms. The van der Waals surface area contributed by atoms with E-state index in [1.54, 1.807) is 6.08 Å². The fourth-order valence-corrected chi connectivity index (χ4v) is 7.53. The quantitative estimate of drug-likeness (QED) is 0.327. The van der Waals surface area contributed by atoms with Gasteiger partial charge in [0, 0.05) is 0 Å². The summed E-state index contributed by atoms with van der Waals surface area (Å²) in [5.41, 5.74) is 0.486. The monoisotopic (exact) mass is 590 g/mol. The second kappa shape index (κ2) is 8.98. The van der Waals surface area contributed by atoms with E-state index in [4.69, 9.17) is 27.6 Å². The van der Waals surface area contributed by atoms with Gasteiger partial charge >= 0.3 is 6.09 Å². The molecule has 208 valence electrons. The van der Waals surface area contributed by atoms with Gasteiger partial charge in [0.2, 0.25) is 11.8 Å². The first kappa shape index (κ1) is 26.7. The van der Waals surface area contributed by atoms with E-state index >= 15 is 0 Å². The Labute approximate surface area is 236 Å². The number of methoxy groups -OCH3 is 1. The van der Waals surface area contributed by atoms with E-state index in [2.05, 4.69) is 4.74 Å². The Balaban J connectivity index is 1.53. The van der Waals surface area contributed by atoms with Gasteiger partial charge < -0.3 is 14.3 Å². The number of allylic oxidation sites excluding steroid dienone is 2. The summed E-state index contributed by atoms with van der Waals surface area (Å²) in [7, 11) is 1.04. The number of fused-ring (bicyclic) bond motifs is 4. The van der Waals surface area contributed by atoms with E-state index in [9.17, 15) is 33.5 Å². The van der Waals surface area contributed by atoms with Crippen LogP contribution in [-0.2, 0) is 30.5 Å². The number of aliphatic hydroxyl groups is 1. The first-order valence-electron chi connectivity index (χ1n) is 12.4. The third-order valence-electron chi connectivity index (χ3n) is 8.38. The number of carbonyl (C=O) groups excluding carboxylic acids is 5. The lowest BCUT2D eigenvalue weighted by Crippen LogP contribution is -2.60. The van der Waals surface area contributed by atoms with Crippen LogP contribution in [0, 0.1) is 23.6 Å². The van der Waals surface area contributed by atoms with Crippen LogP contribution in [0.15, 0.2) is 52.5 Å². The van der Waals surface area contributed by atoms with Crippen molar-refractivity contribution in [3.8, 4) is 0 Å². The van der Waals surface area contributed by atoms with Crippen molar-refractivity contribution in [3.05, 3.63) is 65.4 Å². The number of amides is 5. The minimum atomic E-state index is -2.16. The molecule has 1 N–H and O–H groups in total. The number of imide groups is 4. The molecular formula is C27H21Cl2FN2O8. The summed E-state index contributed by atoms with van der Waals surface area (Å²) >= 11 is 14.3. The number of benzene rings is 1. The van der Waals surface area contributed by atoms with E-state index in [0.717, 1.165) is 24.1 Å². The zero-order valence-electron chi connectivity index (χ0n) is 20.8. The number of hydrogen-bond donors (Lipinski definition) is 1. The standard InChI is InChI=1S/C27H21Cl2FN2O8/c1-39-25(38)32-21(34)16-8-7-15-17(19(16)22(32)35)10-26(28)23(36)31(13-4-2-12(30)3-5-13)24(37)27(26,29)20(15)18-9-6-14(11-33)40-18/h2-7,9,16-17,19-20,33H,8,10-11H2,1H3. The molecule has 1 saturated carbocycles. The van der Waals surface area contributed by atoms with Gasteiger partial charge in [-0.3, -0.25) is 19.2 Å². The molecule has 6 atom stereocenters. The fraction of sp³-hybridized carbons (Fsp3) is 0.370. The van der Waals surface area contributed by atoms with E-state index in [-0.39, 0.29) is 30.0 Å². The lowest BCUT2D eigenvalue weighted by atomic mass is 9.57. The van der Waals surface area contributed by atoms with E-state index in [1.807, 2.05) is 0 Å². The highest BCUT2D eigenvalue weighted by atomic mass is 35.5. The van der Waals surface area contributed by atoms with Crippen LogP contribution >= 0.6 is 23.2 Å². The molecule has 40 heavy (non-hydrogen) atoms. The number of likely N-dealkylation sites (tertiary alicyclic amines) is 1. The van der Waals surface area contributed by atoms with Crippen LogP contribution in [0.2, 0.25) is 0 Å². The number of hydrogen-bond acceptors (Lipinski definition) is 8. The molecule has 2 aromatic rings. The summed E-state index contributed by atoms with van der Waals surface area (Å²) in [6.45, 7) is -0.461. The summed E-state index contributed by atoms with van der Waals surface area (Å²) in [6.07, 6.45) is 0.275. The van der Waals surface area contributed by atoms with Gasteiger partial charge in [0.05, 0.1) is 30.6 Å². The van der Waals surface area contributed by atoms with Gasteiger partial charge in [0.15, 0.2) is 9.75 Å². The second-order valence-corrected chi connectivity index (χ2v) is 11.4. The topological polar surface area (TPSA) is 134 Å². The summed E-state index contributed by atoms with van der Waals surface area (Å²) in [5.74, 6) is -7.70. The van der Waals surface area contributed by atoms with Crippen molar-refractivity contribution in [2.45, 2.75) is 35.1 Å². The maximum Gasteiger partial charge on any atom is 0.423 e. The Morgan fingerprint density at radius 1 is 1.07 bits per heavy atom. The molecule has 0 radical (unpaired) electrons. The number of halogens is 3. The van der Waals surface area contributed by atoms with Gasteiger partial charge in [-0.2, -0.15) is 4.90 Å². The number of furan rings is 1. The highest BCUT2D eigenvalue weighted by Crippen LogP contribution is 2.65. The van der Waals surface area contributed by atoms with Gasteiger partial charge in [-0.25, -0.2) is 14.1 Å². The maximum atomic E-state index is 14.1. The molecule has 2 saturated heterocycles. The molecule has 5 amide bonds. The fourth-order valence-electron chi connectivity index (χ4n) is 6.62. The Hall–Kier alpha value is -3.54. The molecule has 1 aromatic heterocycles. The highest BCUT2D eigenvalue weighted by molar-refractivity contribution is 6.58. The molecule has 13 heteroatoms. The van der Waals surface area contributed by atoms with E-state index in [1.165, 1.54) is 24.3 Å². The molecule has 6 rings (SSSR count). The summed E-state index contributed by atoms with van der Waals surface area (Å²) in [4.78, 5) is 63.9. The van der Waals surface area contributed by atoms with Crippen molar-refractivity contribution in [1.29, 1.82) is 0 Å². The molecule has 2 aliphatic heterocycles. The van der Waals surface area contributed by atoms with Crippen molar-refractivity contribution in [2.24, 2.45) is 17.8 Å². The normalized spacial score (nSPS) is 33.1. The van der Waals surface area contributed by atoms with Gasteiger partial charge in [0.1, 0.15) is 23.9 Å². The number of nitrogens with zero attached hydrogens (tertiary/aromatic N) is 2. The lowest BCUT2D eigenvalue weighted by molar-refractivity contribution is -0.138. The van der Waals surface area contributed by atoms with Crippen LogP contribution in [-0.4, -0.2) is 56.6 Å². The minimum Gasteiger partial charge on any atom is -0.463 e. The molecule has 4 aliphatic rings. The van der Waals surface area contributed by atoms with Gasteiger partial charge in [-0.1, -0.05) is 11.6 Å². The Bertz CT molecular complexity index is 1520. The molecule has 10 nitrogen and oxygen atoms in total. The molecule has 1 aromatic carbocycles. The van der Waals surface area contributed by atoms with E-state index in [0.29, 0.717) is 10.5 Å². The summed E-state index contributed by atoms with van der Waals surface area (Å²) in [5, 5.41) is 9.62. The number of aliphatic hydroxyl groups excluding tert-OH is 1. The number of carbonyl (C=O) groups is 5. The number of alkyl halides is 2. The number of ether oxygens (including phenoxy) is 1. The Morgan fingerprint density at radius 2 is 1.77 bits per heavy atom. The molecule has 3 heterocycles. The minimum absolute atomic E-state index is 0.0407. The second-order valence-electron chi connectivity index (χ2n) is 10.2. The Morgan fingerprint density at radius 3 is 2.40 bits per heavy atom. The zero-order chi connectivity index (χ0) is 28.7. The maximum absolute atomic E-state index is 14.1. The number of anilines is 1. The third kappa shape index (κ3) is 3.28. The molecular weight excluding hydrogens is 570 g/mol. The van der Waals surface area contributed by atoms with Crippen molar-refractivity contribution < 1.29 is 42.6 Å². The van der Waals surface area contributed by atoms with Crippen molar-refractivity contribution in [2.75, 3.05) is 12.0 Å². The van der Waals surface area contributed by atoms with Crippen molar-refractivity contribution in [1.82, 2.24) is 4.90 Å². The third-order valence-corrected chi connectivity index (χ3v) is 9.79. The van der Waals surface area contributed by atoms with Crippen LogP contribution in [0.3, 0.4) is 0 Å². The van der Waals surface area contributed by atoms with Gasteiger partial charge in [0.25, 0.3) is 11.8 Å². The van der Waals surface area contributed by atoms with Crippen LogP contribution in [0.4, 0.5) is 14.9 Å². The van der Waals surface area contributed by atoms with Gasteiger partial charge in [-0.05, 0) is 55.2 Å². The van der Waals surface area contributed by atoms with E-state index < -0.39 is 75.6 Å². The largest absolute Gasteiger partial charge is 0.463 e. The van der Waals surface area contributed by atoms with Crippen LogP contribution in [0.5, 0.6) is 0 Å². The lowest BCUT2D eigenvalue weighted by Gasteiger charge is -2.49. The molecule has 0 spiro atoms. The highest BCUT2D eigenvalue weighted by Gasteiger charge is 2.77. The molecule has 6 unspecified atom stereocenters. The van der Waals surface area contributed by atoms with Gasteiger partial charge in [-0.15, -0.1) is 23.2 Å². The predicted octanol–water partition coefficient (Wildman–Crippen LogP) is 3.24. The smallest absolute Gasteiger partial charge is 0.423 e. The molecule has 2 aliphatic carbocycles. The zero-order valence-corrected chi connectivity index (χ0v) is 22.3.